The van der Waals surface area contributed by atoms with Gasteiger partial charge in [0.25, 0.3) is 22.7 Å². The Balaban J connectivity index is 1.33. The fourth-order valence-corrected chi connectivity index (χ4v) is 7.90. The third-order valence-corrected chi connectivity index (χ3v) is 10.7. The SMILES string of the molecule is O=[N+]([O-])c1ccc(/C2=C3\C=CC(N3)/C(c3ccc([N+](=O)[O-])cc3)=c3/cc/c([nH]3)=C(\c3ccc([N+](=O)[O-])cc3)C3C=C/C(=C(\c4ccc([N+](=O)[O-])cc4)c4ccc2[nH]4)N3)cc1. The van der Waals surface area contributed by atoms with Crippen LogP contribution in [0, 0.1) is 40.5 Å². The van der Waals surface area contributed by atoms with Crippen LogP contribution in [0.3, 0.4) is 0 Å². The van der Waals surface area contributed by atoms with Crippen LogP contribution in [0.5, 0.6) is 0 Å². The van der Waals surface area contributed by atoms with Crippen molar-refractivity contribution in [3.63, 3.8) is 0 Å². The van der Waals surface area contributed by atoms with Crippen LogP contribution in [0.15, 0.2) is 157 Å². The normalized spacial score (nSPS) is 21.0. The third kappa shape index (κ3) is 6.68. The van der Waals surface area contributed by atoms with Crippen molar-refractivity contribution in [2.45, 2.75) is 12.1 Å². The van der Waals surface area contributed by atoms with Gasteiger partial charge in [-0.05, 0) is 107 Å². The van der Waals surface area contributed by atoms with Crippen LogP contribution in [0.25, 0.3) is 22.3 Å². The van der Waals surface area contributed by atoms with Gasteiger partial charge in [-0.25, -0.2) is 0 Å². The predicted molar refractivity (Wildman–Crippen MR) is 222 cm³/mol. The maximum Gasteiger partial charge on any atom is 0.269 e. The zero-order valence-electron chi connectivity index (χ0n) is 31.1. The zero-order valence-corrected chi connectivity index (χ0v) is 31.1. The van der Waals surface area contributed by atoms with Crippen molar-refractivity contribution in [2.75, 3.05) is 0 Å². The summed E-state index contributed by atoms with van der Waals surface area (Å²) >= 11 is 0. The Morgan fingerprint density at radius 2 is 0.700 bits per heavy atom. The zero-order chi connectivity index (χ0) is 41.7. The first-order chi connectivity index (χ1) is 29.0. The summed E-state index contributed by atoms with van der Waals surface area (Å²) in [6.07, 6.45) is 7.78. The van der Waals surface area contributed by atoms with E-state index < -0.39 is 31.8 Å². The molecule has 2 unspecified atom stereocenters. The van der Waals surface area contributed by atoms with E-state index in [1.54, 1.807) is 48.5 Å². The van der Waals surface area contributed by atoms with Gasteiger partial charge in [0.15, 0.2) is 0 Å². The van der Waals surface area contributed by atoms with Gasteiger partial charge in [-0.1, -0.05) is 12.2 Å². The summed E-state index contributed by atoms with van der Waals surface area (Å²) in [5.41, 5.74) is 8.10. The minimum atomic E-state index is -0.474. The van der Waals surface area contributed by atoms with Gasteiger partial charge in [0.1, 0.15) is 0 Å². The summed E-state index contributed by atoms with van der Waals surface area (Å²) in [6.45, 7) is 0. The fourth-order valence-electron chi connectivity index (χ4n) is 7.90. The smallest absolute Gasteiger partial charge is 0.269 e. The minimum Gasteiger partial charge on any atom is -0.374 e. The highest BCUT2D eigenvalue weighted by molar-refractivity contribution is 5.88. The van der Waals surface area contributed by atoms with Crippen LogP contribution in [-0.4, -0.2) is 41.7 Å². The van der Waals surface area contributed by atoms with E-state index >= 15 is 0 Å². The molecule has 0 aliphatic carbocycles. The molecule has 0 spiro atoms. The molecule has 4 N–H and O–H groups in total. The van der Waals surface area contributed by atoms with Gasteiger partial charge < -0.3 is 20.6 Å². The highest BCUT2D eigenvalue weighted by Crippen LogP contribution is 2.36. The number of rotatable bonds is 8. The molecule has 0 radical (unpaired) electrons. The van der Waals surface area contributed by atoms with E-state index in [0.29, 0.717) is 66.9 Å². The number of hydrogen-bond donors (Lipinski definition) is 4. The molecule has 16 heteroatoms. The number of hydrogen-bond acceptors (Lipinski definition) is 10. The summed E-state index contributed by atoms with van der Waals surface area (Å²) in [5, 5.41) is 55.2. The number of nitro benzene ring substituents is 4. The number of nitro groups is 4. The van der Waals surface area contributed by atoms with E-state index in [9.17, 15) is 40.5 Å². The average molecular weight is 799 g/mol. The summed E-state index contributed by atoms with van der Waals surface area (Å²) in [7, 11) is 0. The molecule has 0 saturated carbocycles. The number of nitrogens with one attached hydrogen (secondary N) is 4. The number of allylic oxidation sites excluding steroid dienone is 2. The van der Waals surface area contributed by atoms with Crippen molar-refractivity contribution in [2.24, 2.45) is 0 Å². The number of non-ortho nitro benzene ring substituents is 4. The highest BCUT2D eigenvalue weighted by atomic mass is 16.6. The Morgan fingerprint density at radius 1 is 0.383 bits per heavy atom. The molecule has 3 aliphatic rings. The number of benzene rings is 4. The van der Waals surface area contributed by atoms with Gasteiger partial charge in [0.05, 0.1) is 31.8 Å². The van der Waals surface area contributed by atoms with Crippen LogP contribution in [0.4, 0.5) is 22.7 Å². The molecular formula is C44H30N8O8. The van der Waals surface area contributed by atoms with E-state index in [4.69, 9.17) is 0 Å². The molecule has 2 aromatic heterocycles. The quantitative estimate of drug-likeness (QED) is 0.0945. The number of fused-ring (bicyclic) bond motifs is 8. The summed E-state index contributed by atoms with van der Waals surface area (Å²) in [6, 6.07) is 31.7. The van der Waals surface area contributed by atoms with Gasteiger partial charge in [-0.15, -0.1) is 0 Å². The lowest BCUT2D eigenvalue weighted by molar-refractivity contribution is -0.385. The van der Waals surface area contributed by atoms with E-state index in [-0.39, 0.29) is 22.7 Å². The lowest BCUT2D eigenvalue weighted by Gasteiger charge is -2.19. The summed E-state index contributed by atoms with van der Waals surface area (Å²) in [5.74, 6) is 0. The lowest BCUT2D eigenvalue weighted by Crippen LogP contribution is -2.31. The standard InChI is InChI=1S/C44H30N8O8/c53-49(54)29-9-1-25(2-10-29)41-33-17-19-35(45-33)42(26-3-11-30(12-4-26)50(55)56)37-21-23-39(47-37)44(28-7-15-32(16-8-28)52(59)60)40-24-22-38(48-40)43(36-20-18-34(41)46-36)27-5-13-31(14-6-27)51(57)58/h1-24,33,38,45-48H/b41-34-,42-35-,43-36-,44-40-. The Bertz CT molecular complexity index is 2830. The molecule has 8 bridgehead atoms. The summed E-state index contributed by atoms with van der Waals surface area (Å²) in [4.78, 5) is 51.9. The van der Waals surface area contributed by atoms with Gasteiger partial charge in [-0.3, -0.25) is 40.5 Å². The second-order valence-electron chi connectivity index (χ2n) is 14.2. The largest absolute Gasteiger partial charge is 0.374 e. The van der Waals surface area contributed by atoms with E-state index in [2.05, 4.69) is 20.6 Å². The number of aromatic amines is 2. The van der Waals surface area contributed by atoms with Crippen LogP contribution in [0.1, 0.15) is 33.6 Å². The van der Waals surface area contributed by atoms with Crippen molar-refractivity contribution in [3.8, 4) is 0 Å². The Morgan fingerprint density at radius 3 is 1.02 bits per heavy atom. The second kappa shape index (κ2) is 14.7. The van der Waals surface area contributed by atoms with Gasteiger partial charge in [0, 0.05) is 104 Å². The third-order valence-electron chi connectivity index (χ3n) is 10.7. The van der Waals surface area contributed by atoms with Crippen molar-refractivity contribution >= 4 is 45.0 Å². The number of aromatic nitrogens is 2. The Labute approximate surface area is 338 Å². The van der Waals surface area contributed by atoms with E-state index in [1.165, 1.54) is 48.5 Å². The van der Waals surface area contributed by atoms with Crippen LogP contribution in [-0.2, 0) is 0 Å². The van der Waals surface area contributed by atoms with Gasteiger partial charge in [0.2, 0.25) is 0 Å². The van der Waals surface area contributed by atoms with Crippen LogP contribution < -0.4 is 21.3 Å². The topological polar surface area (TPSA) is 228 Å². The molecule has 16 nitrogen and oxygen atoms in total. The molecule has 294 valence electrons. The van der Waals surface area contributed by atoms with Crippen molar-refractivity contribution in [1.82, 2.24) is 20.6 Å². The first-order valence-electron chi connectivity index (χ1n) is 18.5. The Kier molecular flexibility index (Phi) is 9.05. The maximum atomic E-state index is 11.6. The van der Waals surface area contributed by atoms with E-state index in [0.717, 1.165) is 11.1 Å². The molecule has 9 rings (SSSR count). The maximum absolute atomic E-state index is 11.6. The molecule has 0 amide bonds. The first kappa shape index (κ1) is 36.9. The van der Waals surface area contributed by atoms with Crippen LogP contribution >= 0.6 is 0 Å². The Hall–Kier alpha value is -8.66. The first-order valence-corrected chi connectivity index (χ1v) is 18.5. The highest BCUT2D eigenvalue weighted by Gasteiger charge is 2.28. The van der Waals surface area contributed by atoms with Crippen LogP contribution in [0.2, 0.25) is 0 Å². The molecule has 6 aromatic rings. The van der Waals surface area contributed by atoms with Crippen molar-refractivity contribution in [3.05, 3.63) is 242 Å². The number of H-pyrrole nitrogens is 2. The van der Waals surface area contributed by atoms with Gasteiger partial charge >= 0.3 is 0 Å². The van der Waals surface area contributed by atoms with E-state index in [1.807, 2.05) is 48.6 Å². The van der Waals surface area contributed by atoms with Gasteiger partial charge in [-0.2, -0.15) is 0 Å². The monoisotopic (exact) mass is 798 g/mol. The molecule has 0 saturated heterocycles. The molecule has 60 heavy (non-hydrogen) atoms. The molecule has 3 aliphatic heterocycles. The minimum absolute atomic E-state index is 0.0666. The average Bonchev–Trinajstić information content (AvgIpc) is 4.10. The molecule has 0 fully saturated rings. The molecular weight excluding hydrogens is 769 g/mol. The summed E-state index contributed by atoms with van der Waals surface area (Å²) < 4.78 is 0. The fraction of sp³-hybridized carbons (Fsp3) is 0.0455. The molecule has 4 aromatic carbocycles. The van der Waals surface area contributed by atoms with Crippen molar-refractivity contribution in [1.29, 1.82) is 0 Å². The second-order valence-corrected chi connectivity index (χ2v) is 14.2. The molecule has 5 heterocycles. The predicted octanol–water partition coefficient (Wildman–Crippen LogP) is 6.66. The number of nitrogens with zero attached hydrogens (tertiary/aromatic N) is 4. The lowest BCUT2D eigenvalue weighted by atomic mass is 9.98. The molecule has 2 atom stereocenters. The van der Waals surface area contributed by atoms with Crippen molar-refractivity contribution < 1.29 is 19.7 Å².